The van der Waals surface area contributed by atoms with Crippen LogP contribution in [0, 0.1) is 5.92 Å². The highest BCUT2D eigenvalue weighted by atomic mass is 32.2. The summed E-state index contributed by atoms with van der Waals surface area (Å²) in [4.78, 5) is 21.8. The van der Waals surface area contributed by atoms with Crippen LogP contribution >= 0.6 is 11.8 Å². The zero-order chi connectivity index (χ0) is 12.5. The molecule has 0 atom stereocenters. The monoisotopic (exact) mass is 261 g/mol. The fourth-order valence-electron chi connectivity index (χ4n) is 1.71. The van der Waals surface area contributed by atoms with E-state index in [1.165, 1.54) is 11.8 Å². The molecule has 1 aliphatic rings. The first-order valence-electron chi connectivity index (χ1n) is 5.82. The van der Waals surface area contributed by atoms with Gasteiger partial charge in [-0.2, -0.15) is 0 Å². The first-order chi connectivity index (χ1) is 8.18. The van der Waals surface area contributed by atoms with Crippen LogP contribution in [0.4, 0.5) is 0 Å². The zero-order valence-electron chi connectivity index (χ0n) is 9.81. The molecule has 0 aliphatic carbocycles. The number of thioether (sulfide) groups is 1. The van der Waals surface area contributed by atoms with Gasteiger partial charge in [0.2, 0.25) is 5.91 Å². The van der Waals surface area contributed by atoms with Gasteiger partial charge in [0.05, 0.1) is 5.75 Å². The first-order valence-corrected chi connectivity index (χ1v) is 6.98. The largest absolute Gasteiger partial charge is 0.481 e. The molecular weight excluding hydrogens is 242 g/mol. The van der Waals surface area contributed by atoms with E-state index in [4.69, 9.17) is 9.84 Å². The summed E-state index contributed by atoms with van der Waals surface area (Å²) in [6, 6.07) is 0. The second-order valence-corrected chi connectivity index (χ2v) is 5.16. The Hall–Kier alpha value is -0.750. The molecule has 0 unspecified atom stereocenters. The molecular formula is C11H19NO4S. The van der Waals surface area contributed by atoms with Crippen LogP contribution in [-0.4, -0.2) is 48.2 Å². The third-order valence-corrected chi connectivity index (χ3v) is 3.55. The fraction of sp³-hybridized carbons (Fsp3) is 0.818. The minimum atomic E-state index is -0.816. The van der Waals surface area contributed by atoms with E-state index >= 15 is 0 Å². The second kappa shape index (κ2) is 8.36. The van der Waals surface area contributed by atoms with Crippen LogP contribution in [0.15, 0.2) is 0 Å². The van der Waals surface area contributed by atoms with Gasteiger partial charge < -0.3 is 15.2 Å². The molecule has 1 saturated heterocycles. The smallest absolute Gasteiger partial charge is 0.313 e. The SMILES string of the molecule is O=C(O)CSCCNC(=O)CC1CCOCC1. The quantitative estimate of drug-likeness (QED) is 0.661. The van der Waals surface area contributed by atoms with Crippen molar-refractivity contribution in [3.05, 3.63) is 0 Å². The fourth-order valence-corrected chi connectivity index (χ4v) is 2.27. The van der Waals surface area contributed by atoms with E-state index in [-0.39, 0.29) is 11.7 Å². The molecule has 2 N–H and O–H groups in total. The Kier molecular flexibility index (Phi) is 7.04. The number of rotatable bonds is 7. The number of carboxylic acids is 1. The molecule has 1 fully saturated rings. The summed E-state index contributed by atoms with van der Waals surface area (Å²) in [7, 11) is 0. The lowest BCUT2D eigenvalue weighted by atomic mass is 9.96. The Morgan fingerprint density at radius 3 is 2.71 bits per heavy atom. The average Bonchev–Trinajstić information content (AvgIpc) is 2.29. The highest BCUT2D eigenvalue weighted by molar-refractivity contribution is 7.99. The van der Waals surface area contributed by atoms with Crippen LogP contribution in [0.2, 0.25) is 0 Å². The molecule has 1 aliphatic heterocycles. The van der Waals surface area contributed by atoms with E-state index in [0.717, 1.165) is 26.1 Å². The Labute approximate surface area is 105 Å². The summed E-state index contributed by atoms with van der Waals surface area (Å²) in [5.41, 5.74) is 0. The lowest BCUT2D eigenvalue weighted by Crippen LogP contribution is -2.29. The molecule has 0 aromatic heterocycles. The first kappa shape index (κ1) is 14.3. The number of carboxylic acid groups (broad SMARTS) is 1. The molecule has 6 heteroatoms. The van der Waals surface area contributed by atoms with E-state index in [9.17, 15) is 9.59 Å². The van der Waals surface area contributed by atoms with Gasteiger partial charge in [-0.15, -0.1) is 11.8 Å². The van der Waals surface area contributed by atoms with E-state index in [0.29, 0.717) is 24.6 Å². The predicted molar refractivity (Wildman–Crippen MR) is 66.1 cm³/mol. The minimum absolute atomic E-state index is 0.0628. The van der Waals surface area contributed by atoms with Gasteiger partial charge in [0, 0.05) is 31.9 Å². The van der Waals surface area contributed by atoms with Crippen LogP contribution in [-0.2, 0) is 14.3 Å². The molecule has 0 aromatic carbocycles. The van der Waals surface area contributed by atoms with Gasteiger partial charge in [-0.25, -0.2) is 0 Å². The van der Waals surface area contributed by atoms with Crippen molar-refractivity contribution in [3.8, 4) is 0 Å². The number of carbonyl (C=O) groups excluding carboxylic acids is 1. The molecule has 5 nitrogen and oxygen atoms in total. The van der Waals surface area contributed by atoms with E-state index in [1.54, 1.807) is 0 Å². The number of amides is 1. The minimum Gasteiger partial charge on any atom is -0.481 e. The molecule has 17 heavy (non-hydrogen) atoms. The van der Waals surface area contributed by atoms with Gasteiger partial charge in [0.15, 0.2) is 0 Å². The molecule has 98 valence electrons. The van der Waals surface area contributed by atoms with Crippen LogP contribution < -0.4 is 5.32 Å². The van der Waals surface area contributed by atoms with Crippen molar-refractivity contribution in [3.63, 3.8) is 0 Å². The number of carbonyl (C=O) groups is 2. The molecule has 0 bridgehead atoms. The van der Waals surface area contributed by atoms with Gasteiger partial charge in [0.1, 0.15) is 0 Å². The maximum absolute atomic E-state index is 11.5. The van der Waals surface area contributed by atoms with Crippen molar-refractivity contribution in [1.29, 1.82) is 0 Å². The highest BCUT2D eigenvalue weighted by Crippen LogP contribution is 2.17. The van der Waals surface area contributed by atoms with Crippen molar-refractivity contribution in [1.82, 2.24) is 5.32 Å². The lowest BCUT2D eigenvalue weighted by Gasteiger charge is -2.21. The number of nitrogens with one attached hydrogen (secondary N) is 1. The Bertz CT molecular complexity index is 254. The van der Waals surface area contributed by atoms with Crippen LogP contribution in [0.25, 0.3) is 0 Å². The summed E-state index contributed by atoms with van der Waals surface area (Å²) >= 11 is 1.32. The van der Waals surface area contributed by atoms with Crippen molar-refractivity contribution in [2.75, 3.05) is 31.3 Å². The number of hydrogen-bond acceptors (Lipinski definition) is 4. The summed E-state index contributed by atoms with van der Waals surface area (Å²) in [5.74, 6) is 0.425. The van der Waals surface area contributed by atoms with Gasteiger partial charge >= 0.3 is 5.97 Å². The Balaban J connectivity index is 1.98. The Morgan fingerprint density at radius 2 is 2.06 bits per heavy atom. The van der Waals surface area contributed by atoms with Crippen LogP contribution in [0.1, 0.15) is 19.3 Å². The maximum atomic E-state index is 11.5. The number of ether oxygens (including phenoxy) is 1. The van der Waals surface area contributed by atoms with Crippen LogP contribution in [0.3, 0.4) is 0 Å². The van der Waals surface area contributed by atoms with Crippen molar-refractivity contribution in [2.45, 2.75) is 19.3 Å². The van der Waals surface area contributed by atoms with E-state index in [1.807, 2.05) is 0 Å². The molecule has 1 amide bonds. The average molecular weight is 261 g/mol. The Morgan fingerprint density at radius 1 is 1.35 bits per heavy atom. The van der Waals surface area contributed by atoms with Gasteiger partial charge in [-0.05, 0) is 18.8 Å². The second-order valence-electron chi connectivity index (χ2n) is 4.06. The summed E-state index contributed by atoms with van der Waals surface area (Å²) in [6.45, 7) is 2.05. The van der Waals surface area contributed by atoms with E-state index in [2.05, 4.69) is 5.32 Å². The van der Waals surface area contributed by atoms with Gasteiger partial charge in [0.25, 0.3) is 0 Å². The molecule has 0 spiro atoms. The number of hydrogen-bond donors (Lipinski definition) is 2. The van der Waals surface area contributed by atoms with Gasteiger partial charge in [-0.1, -0.05) is 0 Å². The third-order valence-electron chi connectivity index (χ3n) is 2.61. The van der Waals surface area contributed by atoms with Crippen molar-refractivity contribution in [2.24, 2.45) is 5.92 Å². The topological polar surface area (TPSA) is 75.6 Å². The molecule has 0 radical (unpaired) electrons. The normalized spacial score (nSPS) is 16.7. The molecule has 1 rings (SSSR count). The van der Waals surface area contributed by atoms with Gasteiger partial charge in [-0.3, -0.25) is 9.59 Å². The third kappa shape index (κ3) is 7.23. The predicted octanol–water partition coefficient (Wildman–Crippen LogP) is 0.737. The summed E-state index contributed by atoms with van der Waals surface area (Å²) in [6.07, 6.45) is 2.48. The lowest BCUT2D eigenvalue weighted by molar-refractivity contribution is -0.133. The van der Waals surface area contributed by atoms with E-state index < -0.39 is 5.97 Å². The highest BCUT2D eigenvalue weighted by Gasteiger charge is 2.16. The number of aliphatic carboxylic acids is 1. The van der Waals surface area contributed by atoms with Crippen LogP contribution in [0.5, 0.6) is 0 Å². The molecule has 1 heterocycles. The van der Waals surface area contributed by atoms with Crippen molar-refractivity contribution < 1.29 is 19.4 Å². The standard InChI is InChI=1S/C11H19NO4S/c13-10(7-9-1-4-16-5-2-9)12-3-6-17-8-11(14)15/h9H,1-8H2,(H,12,13)(H,14,15). The summed E-state index contributed by atoms with van der Waals surface area (Å²) in [5, 5.41) is 11.2. The molecule has 0 saturated carbocycles. The maximum Gasteiger partial charge on any atom is 0.313 e. The summed E-state index contributed by atoms with van der Waals surface area (Å²) < 4.78 is 5.23. The van der Waals surface area contributed by atoms with Crippen molar-refractivity contribution >= 4 is 23.6 Å². The molecule has 0 aromatic rings. The zero-order valence-corrected chi connectivity index (χ0v) is 10.6.